The molecule has 1 saturated heterocycles. The third-order valence-electron chi connectivity index (χ3n) is 2.61. The Kier molecular flexibility index (Phi) is 4.11. The molecule has 5 nitrogen and oxygen atoms in total. The van der Waals surface area contributed by atoms with Crippen molar-refractivity contribution in [3.8, 4) is 0 Å². The zero-order chi connectivity index (χ0) is 13.3. The molecule has 3 atom stereocenters. The van der Waals surface area contributed by atoms with Crippen molar-refractivity contribution in [2.75, 3.05) is 13.2 Å². The van der Waals surface area contributed by atoms with Crippen LogP contribution in [0, 0.1) is 0 Å². The number of ether oxygens (including phenoxy) is 3. The molecule has 1 aliphatic heterocycles. The molecule has 1 aliphatic rings. The van der Waals surface area contributed by atoms with E-state index < -0.39 is 29.6 Å². The number of aliphatic hydroxyl groups excluding tert-OH is 1. The summed E-state index contributed by atoms with van der Waals surface area (Å²) >= 11 is 0. The molecule has 1 rings (SSSR count). The maximum atomic E-state index is 14.1. The Morgan fingerprint density at radius 3 is 2.71 bits per heavy atom. The second-order valence-corrected chi connectivity index (χ2v) is 4.61. The smallest absolute Gasteiger partial charge is 0.346 e. The topological polar surface area (TPSA) is 65.0 Å². The van der Waals surface area contributed by atoms with Gasteiger partial charge in [-0.2, -0.15) is 0 Å². The average Bonchev–Trinajstić information content (AvgIpc) is 2.58. The van der Waals surface area contributed by atoms with Gasteiger partial charge in [-0.25, -0.2) is 9.18 Å². The van der Waals surface area contributed by atoms with E-state index in [9.17, 15) is 14.3 Å². The van der Waals surface area contributed by atoms with E-state index in [0.717, 1.165) is 6.92 Å². The molecule has 0 aromatic carbocycles. The summed E-state index contributed by atoms with van der Waals surface area (Å²) in [5.74, 6) is -1.98. The highest BCUT2D eigenvalue weighted by atomic mass is 19.1. The zero-order valence-corrected chi connectivity index (χ0v) is 10.5. The summed E-state index contributed by atoms with van der Waals surface area (Å²) in [6.07, 6.45) is -2.51. The number of rotatable bonds is 4. The second kappa shape index (κ2) is 4.88. The maximum absolute atomic E-state index is 14.1. The van der Waals surface area contributed by atoms with Gasteiger partial charge in [0.05, 0.1) is 13.2 Å². The lowest BCUT2D eigenvalue weighted by atomic mass is 9.97. The molecule has 1 N–H and O–H groups in total. The van der Waals surface area contributed by atoms with Crippen molar-refractivity contribution < 1.29 is 28.5 Å². The van der Waals surface area contributed by atoms with Gasteiger partial charge in [0.2, 0.25) is 5.67 Å². The molecule has 0 radical (unpaired) electrons. The largest absolute Gasteiger partial charge is 0.464 e. The van der Waals surface area contributed by atoms with Crippen LogP contribution in [0.5, 0.6) is 0 Å². The third-order valence-corrected chi connectivity index (χ3v) is 2.61. The normalized spacial score (nSPS) is 28.5. The van der Waals surface area contributed by atoms with Gasteiger partial charge in [0.15, 0.2) is 5.79 Å². The van der Waals surface area contributed by atoms with E-state index in [0.29, 0.717) is 0 Å². The van der Waals surface area contributed by atoms with Gasteiger partial charge < -0.3 is 19.3 Å². The molecule has 6 heteroatoms. The van der Waals surface area contributed by atoms with Gasteiger partial charge in [0, 0.05) is 0 Å². The van der Waals surface area contributed by atoms with Gasteiger partial charge >= 0.3 is 5.97 Å². The molecule has 0 aromatic rings. The second-order valence-electron chi connectivity index (χ2n) is 4.61. The van der Waals surface area contributed by atoms with Crippen LogP contribution in [0.2, 0.25) is 0 Å². The van der Waals surface area contributed by atoms with Crippen LogP contribution in [0.1, 0.15) is 27.7 Å². The van der Waals surface area contributed by atoms with E-state index in [1.165, 1.54) is 0 Å². The zero-order valence-electron chi connectivity index (χ0n) is 10.5. The van der Waals surface area contributed by atoms with Crippen LogP contribution in [0.15, 0.2) is 0 Å². The van der Waals surface area contributed by atoms with Gasteiger partial charge in [-0.05, 0) is 27.7 Å². The first-order valence-electron chi connectivity index (χ1n) is 5.56. The molecule has 0 aromatic heterocycles. The fraction of sp³-hybridized carbons (Fsp3) is 0.909. The van der Waals surface area contributed by atoms with Crippen molar-refractivity contribution in [1.82, 2.24) is 0 Å². The minimum absolute atomic E-state index is 0.0348. The van der Waals surface area contributed by atoms with Crippen LogP contribution < -0.4 is 0 Å². The Bertz CT molecular complexity index is 290. The summed E-state index contributed by atoms with van der Waals surface area (Å²) < 4.78 is 29.2. The van der Waals surface area contributed by atoms with Crippen LogP contribution >= 0.6 is 0 Å². The molecule has 0 amide bonds. The summed E-state index contributed by atoms with van der Waals surface area (Å²) in [7, 11) is 0. The number of aliphatic hydroxyl groups is 1. The van der Waals surface area contributed by atoms with Crippen molar-refractivity contribution in [3.63, 3.8) is 0 Å². The number of hydrogen-bond donors (Lipinski definition) is 1. The highest BCUT2D eigenvalue weighted by Gasteiger charge is 2.50. The summed E-state index contributed by atoms with van der Waals surface area (Å²) in [6.45, 7) is 5.94. The van der Waals surface area contributed by atoms with Gasteiger partial charge in [0.25, 0.3) is 0 Å². The first-order valence-corrected chi connectivity index (χ1v) is 5.56. The van der Waals surface area contributed by atoms with Gasteiger partial charge in [-0.15, -0.1) is 0 Å². The lowest BCUT2D eigenvalue weighted by molar-refractivity contribution is -0.183. The minimum Gasteiger partial charge on any atom is -0.464 e. The first kappa shape index (κ1) is 14.3. The summed E-state index contributed by atoms with van der Waals surface area (Å²) in [4.78, 5) is 11.4. The molecular weight excluding hydrogens is 231 g/mol. The van der Waals surface area contributed by atoms with Crippen LogP contribution in [-0.2, 0) is 19.0 Å². The Morgan fingerprint density at radius 1 is 1.71 bits per heavy atom. The van der Waals surface area contributed by atoms with Crippen LogP contribution in [0.4, 0.5) is 4.39 Å². The quantitative estimate of drug-likeness (QED) is 0.747. The molecule has 100 valence electrons. The number of alkyl halides is 1. The lowest BCUT2D eigenvalue weighted by Crippen LogP contribution is -2.51. The van der Waals surface area contributed by atoms with Gasteiger partial charge in [-0.1, -0.05) is 0 Å². The molecule has 0 aliphatic carbocycles. The standard InChI is InChI=1S/C11H19FO5/c1-5-15-9(14)11(4,12)8(13)7-6-16-10(2,3)17-7/h7-8,13H,5-6H2,1-4H3/t7?,8-,11+/m0/s1. The Balaban J connectivity index is 2.69. The van der Waals surface area contributed by atoms with Crippen molar-refractivity contribution in [2.45, 2.75) is 51.4 Å². The number of halogens is 1. The van der Waals surface area contributed by atoms with E-state index in [2.05, 4.69) is 4.74 Å². The van der Waals surface area contributed by atoms with E-state index >= 15 is 0 Å². The lowest BCUT2D eigenvalue weighted by Gasteiger charge is -2.28. The summed E-state index contributed by atoms with van der Waals surface area (Å²) in [5.41, 5.74) is -2.51. The molecule has 1 fully saturated rings. The fourth-order valence-corrected chi connectivity index (χ4v) is 1.61. The van der Waals surface area contributed by atoms with Crippen molar-refractivity contribution >= 4 is 5.97 Å². The van der Waals surface area contributed by atoms with Crippen LogP contribution in [0.3, 0.4) is 0 Å². The van der Waals surface area contributed by atoms with Crippen molar-refractivity contribution in [2.24, 2.45) is 0 Å². The Hall–Kier alpha value is -0.720. The van der Waals surface area contributed by atoms with Gasteiger partial charge in [0.1, 0.15) is 12.2 Å². The molecule has 0 saturated carbocycles. The van der Waals surface area contributed by atoms with Gasteiger partial charge in [-0.3, -0.25) is 0 Å². The van der Waals surface area contributed by atoms with Crippen molar-refractivity contribution in [3.05, 3.63) is 0 Å². The van der Waals surface area contributed by atoms with Crippen LogP contribution in [0.25, 0.3) is 0 Å². The molecule has 17 heavy (non-hydrogen) atoms. The monoisotopic (exact) mass is 250 g/mol. The predicted octanol–water partition coefficient (Wildman–Crippen LogP) is 0.790. The van der Waals surface area contributed by atoms with Crippen LogP contribution in [-0.4, -0.2) is 48.0 Å². The highest BCUT2D eigenvalue weighted by molar-refractivity contribution is 5.79. The molecule has 1 unspecified atom stereocenters. The third kappa shape index (κ3) is 3.14. The van der Waals surface area contributed by atoms with Crippen molar-refractivity contribution in [1.29, 1.82) is 0 Å². The van der Waals surface area contributed by atoms with E-state index in [4.69, 9.17) is 9.47 Å². The summed E-state index contributed by atoms with van der Waals surface area (Å²) in [6, 6.07) is 0. The predicted molar refractivity (Wildman–Crippen MR) is 57.1 cm³/mol. The number of esters is 1. The van der Waals surface area contributed by atoms with E-state index in [-0.39, 0.29) is 13.2 Å². The number of hydrogen-bond acceptors (Lipinski definition) is 5. The fourth-order valence-electron chi connectivity index (χ4n) is 1.61. The van der Waals surface area contributed by atoms with E-state index in [1.807, 2.05) is 0 Å². The minimum atomic E-state index is -2.51. The molecule has 0 spiro atoms. The average molecular weight is 250 g/mol. The molecule has 0 bridgehead atoms. The highest BCUT2D eigenvalue weighted by Crippen LogP contribution is 2.30. The molecular formula is C11H19FO5. The SMILES string of the molecule is CCOC(=O)[C@](C)(F)[C@@H](O)C1COC(C)(C)O1. The Labute approximate surface area is 99.8 Å². The molecule has 1 heterocycles. The first-order chi connectivity index (χ1) is 7.70. The summed E-state index contributed by atoms with van der Waals surface area (Å²) in [5, 5.41) is 9.83. The number of carbonyl (C=O) groups is 1. The Morgan fingerprint density at radius 2 is 2.29 bits per heavy atom. The number of carbonyl (C=O) groups excluding carboxylic acids is 1. The van der Waals surface area contributed by atoms with E-state index in [1.54, 1.807) is 20.8 Å². The maximum Gasteiger partial charge on any atom is 0.346 e.